The molecular weight excluding hydrogens is 257 g/mol. The van der Waals surface area contributed by atoms with E-state index in [1.165, 1.54) is 11.1 Å². The number of nitrogens with zero attached hydrogens (tertiary/aromatic N) is 1. The number of amides is 1. The monoisotopic (exact) mass is 275 g/mol. The summed E-state index contributed by atoms with van der Waals surface area (Å²) in [4.78, 5) is 13.8. The van der Waals surface area contributed by atoms with Crippen LogP contribution >= 0.6 is 23.2 Å². The van der Waals surface area contributed by atoms with Gasteiger partial charge in [0.25, 0.3) is 0 Å². The van der Waals surface area contributed by atoms with Gasteiger partial charge in [-0.3, -0.25) is 4.79 Å². The lowest BCUT2D eigenvalue weighted by Gasteiger charge is -2.15. The zero-order valence-electron chi connectivity index (χ0n) is 10.0. The van der Waals surface area contributed by atoms with Crippen molar-refractivity contribution in [1.82, 2.24) is 4.90 Å². The van der Waals surface area contributed by atoms with E-state index < -0.39 is 0 Å². The molecular formula is C13H19Cl2NO. The summed E-state index contributed by atoms with van der Waals surface area (Å²) in [5.74, 6) is 0.845. The van der Waals surface area contributed by atoms with Crippen molar-refractivity contribution >= 4 is 29.1 Å². The van der Waals surface area contributed by atoms with Crippen LogP contribution in [0.3, 0.4) is 0 Å². The Morgan fingerprint density at radius 3 is 2.47 bits per heavy atom. The quantitative estimate of drug-likeness (QED) is 0.535. The Morgan fingerprint density at radius 1 is 1.18 bits per heavy atom. The first kappa shape index (κ1) is 14.6. The second-order valence-corrected chi connectivity index (χ2v) is 4.80. The number of halogens is 2. The van der Waals surface area contributed by atoms with Gasteiger partial charge in [-0.15, -0.1) is 11.6 Å². The summed E-state index contributed by atoms with van der Waals surface area (Å²) in [5.41, 5.74) is 2.65. The molecule has 1 aliphatic heterocycles. The van der Waals surface area contributed by atoms with Crippen LogP contribution < -0.4 is 0 Å². The fourth-order valence-corrected chi connectivity index (χ4v) is 2.29. The summed E-state index contributed by atoms with van der Waals surface area (Å²) < 4.78 is 0. The highest BCUT2D eigenvalue weighted by molar-refractivity contribution is 6.25. The summed E-state index contributed by atoms with van der Waals surface area (Å²) in [6.07, 6.45) is 8.20. The molecule has 0 atom stereocenters. The number of carbonyl (C=O) groups is 1. The zero-order chi connectivity index (χ0) is 12.5. The van der Waals surface area contributed by atoms with Crippen molar-refractivity contribution in [2.45, 2.75) is 32.1 Å². The molecule has 0 N–H and O–H groups in total. The number of alkyl halides is 1. The standard InChI is InChI=1S/C13H19Cl2NO/c14-8-3-4-12(7-9-15)5-6-13(17)16-10-1-2-11-16/h3-4,8H,1-2,5-7,9-11H2/b8-3+,12-4-. The van der Waals surface area contributed by atoms with Gasteiger partial charge >= 0.3 is 0 Å². The maximum Gasteiger partial charge on any atom is 0.222 e. The first-order valence-corrected chi connectivity index (χ1v) is 7.03. The van der Waals surface area contributed by atoms with Crippen LogP contribution in [0.25, 0.3) is 0 Å². The predicted molar refractivity (Wildman–Crippen MR) is 73.5 cm³/mol. The summed E-state index contributed by atoms with van der Waals surface area (Å²) >= 11 is 11.2. The average Bonchev–Trinajstić information content (AvgIpc) is 2.86. The van der Waals surface area contributed by atoms with Crippen LogP contribution in [-0.2, 0) is 4.79 Å². The minimum absolute atomic E-state index is 0.262. The highest BCUT2D eigenvalue weighted by Gasteiger charge is 2.17. The Morgan fingerprint density at radius 2 is 1.88 bits per heavy atom. The summed E-state index contributed by atoms with van der Waals surface area (Å²) in [5, 5.41) is 0. The van der Waals surface area contributed by atoms with Crippen molar-refractivity contribution in [1.29, 1.82) is 0 Å². The van der Waals surface area contributed by atoms with Gasteiger partial charge < -0.3 is 4.90 Å². The first-order chi connectivity index (χ1) is 8.27. The molecule has 0 saturated carbocycles. The maximum atomic E-state index is 11.8. The Kier molecular flexibility index (Phi) is 7.38. The fraction of sp³-hybridized carbons (Fsp3) is 0.615. The summed E-state index contributed by atoms with van der Waals surface area (Å²) in [6.45, 7) is 1.85. The molecule has 96 valence electrons. The van der Waals surface area contributed by atoms with Crippen LogP contribution in [0.2, 0.25) is 0 Å². The van der Waals surface area contributed by atoms with E-state index in [2.05, 4.69) is 0 Å². The molecule has 1 fully saturated rings. The lowest BCUT2D eigenvalue weighted by Crippen LogP contribution is -2.27. The van der Waals surface area contributed by atoms with Crippen LogP contribution in [0.5, 0.6) is 0 Å². The SMILES string of the molecule is O=C(CC/C(=C/C=C/Cl)CCCl)N1CCCC1. The Labute approximate surface area is 113 Å². The molecule has 4 heteroatoms. The normalized spacial score (nSPS) is 17.1. The third-order valence-corrected chi connectivity index (χ3v) is 3.27. The highest BCUT2D eigenvalue weighted by atomic mass is 35.5. The van der Waals surface area contributed by atoms with Crippen LogP contribution in [-0.4, -0.2) is 29.8 Å². The molecule has 1 rings (SSSR count). The van der Waals surface area contributed by atoms with Crippen molar-refractivity contribution in [3.63, 3.8) is 0 Å². The second-order valence-electron chi connectivity index (χ2n) is 4.17. The molecule has 2 nitrogen and oxygen atoms in total. The topological polar surface area (TPSA) is 20.3 Å². The van der Waals surface area contributed by atoms with Gasteiger partial charge in [0.2, 0.25) is 5.91 Å². The first-order valence-electron chi connectivity index (χ1n) is 6.06. The smallest absolute Gasteiger partial charge is 0.222 e. The predicted octanol–water partition coefficient (Wildman–Crippen LogP) is 3.70. The van der Waals surface area contributed by atoms with Crippen molar-refractivity contribution in [3.8, 4) is 0 Å². The van der Waals surface area contributed by atoms with Crippen LogP contribution in [0, 0.1) is 0 Å². The number of hydrogen-bond acceptors (Lipinski definition) is 1. The van der Waals surface area contributed by atoms with E-state index in [0.29, 0.717) is 12.3 Å². The molecule has 1 heterocycles. The van der Waals surface area contributed by atoms with Crippen molar-refractivity contribution in [2.75, 3.05) is 19.0 Å². The minimum atomic E-state index is 0.262. The Hall–Kier alpha value is -0.470. The molecule has 0 aromatic heterocycles. The third kappa shape index (κ3) is 5.60. The lowest BCUT2D eigenvalue weighted by molar-refractivity contribution is -0.130. The van der Waals surface area contributed by atoms with Gasteiger partial charge in [-0.05, 0) is 25.7 Å². The van der Waals surface area contributed by atoms with Crippen molar-refractivity contribution in [3.05, 3.63) is 23.3 Å². The maximum absolute atomic E-state index is 11.8. The number of allylic oxidation sites excluding steroid dienone is 3. The van der Waals surface area contributed by atoms with E-state index in [1.807, 2.05) is 11.0 Å². The lowest BCUT2D eigenvalue weighted by atomic mass is 10.1. The minimum Gasteiger partial charge on any atom is -0.343 e. The Balaban J connectivity index is 2.37. The second kappa shape index (κ2) is 8.60. The summed E-state index contributed by atoms with van der Waals surface area (Å²) in [6, 6.07) is 0. The molecule has 17 heavy (non-hydrogen) atoms. The molecule has 1 saturated heterocycles. The molecule has 1 aliphatic rings. The van der Waals surface area contributed by atoms with E-state index in [1.54, 1.807) is 6.08 Å². The number of likely N-dealkylation sites (tertiary alicyclic amines) is 1. The molecule has 0 unspecified atom stereocenters. The molecule has 0 bridgehead atoms. The molecule has 0 radical (unpaired) electrons. The fourth-order valence-electron chi connectivity index (χ4n) is 1.98. The van der Waals surface area contributed by atoms with E-state index in [-0.39, 0.29) is 5.91 Å². The third-order valence-electron chi connectivity index (χ3n) is 2.94. The van der Waals surface area contributed by atoms with Gasteiger partial charge in [0.1, 0.15) is 0 Å². The van der Waals surface area contributed by atoms with Gasteiger partial charge in [0, 0.05) is 30.9 Å². The van der Waals surface area contributed by atoms with E-state index in [4.69, 9.17) is 23.2 Å². The number of hydrogen-bond donors (Lipinski definition) is 0. The molecule has 0 aromatic carbocycles. The van der Waals surface area contributed by atoms with Crippen molar-refractivity contribution in [2.24, 2.45) is 0 Å². The van der Waals surface area contributed by atoms with E-state index >= 15 is 0 Å². The highest BCUT2D eigenvalue weighted by Crippen LogP contribution is 2.15. The summed E-state index contributed by atoms with van der Waals surface area (Å²) in [7, 11) is 0. The van der Waals surface area contributed by atoms with E-state index in [0.717, 1.165) is 38.8 Å². The van der Waals surface area contributed by atoms with Gasteiger partial charge in [0.15, 0.2) is 0 Å². The number of rotatable bonds is 6. The van der Waals surface area contributed by atoms with Crippen molar-refractivity contribution < 1.29 is 4.79 Å². The van der Waals surface area contributed by atoms with Gasteiger partial charge in [0.05, 0.1) is 0 Å². The Bertz CT molecular complexity index is 294. The van der Waals surface area contributed by atoms with Gasteiger partial charge in [-0.2, -0.15) is 0 Å². The molecule has 0 aromatic rings. The molecule has 1 amide bonds. The van der Waals surface area contributed by atoms with Gasteiger partial charge in [-0.1, -0.05) is 29.3 Å². The molecule has 0 spiro atoms. The van der Waals surface area contributed by atoms with E-state index in [9.17, 15) is 4.79 Å². The zero-order valence-corrected chi connectivity index (χ0v) is 11.5. The van der Waals surface area contributed by atoms with Crippen LogP contribution in [0.15, 0.2) is 23.3 Å². The number of carbonyl (C=O) groups excluding carboxylic acids is 1. The van der Waals surface area contributed by atoms with Gasteiger partial charge in [-0.25, -0.2) is 0 Å². The van der Waals surface area contributed by atoms with Crippen LogP contribution in [0.4, 0.5) is 0 Å². The molecule has 0 aliphatic carbocycles. The van der Waals surface area contributed by atoms with Crippen LogP contribution in [0.1, 0.15) is 32.1 Å². The largest absolute Gasteiger partial charge is 0.343 e. The average molecular weight is 276 g/mol.